The first-order valence-corrected chi connectivity index (χ1v) is 8.72. The van der Waals surface area contributed by atoms with Gasteiger partial charge in [-0.3, -0.25) is 4.90 Å². The van der Waals surface area contributed by atoms with Crippen LogP contribution in [-0.4, -0.2) is 35.0 Å². The topological polar surface area (TPSA) is 71.2 Å². The van der Waals surface area contributed by atoms with E-state index < -0.39 is 6.03 Å². The van der Waals surface area contributed by atoms with E-state index in [1.54, 1.807) is 11.3 Å². The van der Waals surface area contributed by atoms with Gasteiger partial charge in [0, 0.05) is 42.3 Å². The molecule has 2 amide bonds. The highest BCUT2D eigenvalue weighted by Crippen LogP contribution is 2.26. The van der Waals surface area contributed by atoms with Crippen LogP contribution in [0.3, 0.4) is 0 Å². The Labute approximate surface area is 140 Å². The van der Waals surface area contributed by atoms with Crippen molar-refractivity contribution in [2.45, 2.75) is 32.4 Å². The van der Waals surface area contributed by atoms with Crippen molar-refractivity contribution in [1.82, 2.24) is 15.2 Å². The molecule has 6 heteroatoms. The van der Waals surface area contributed by atoms with Gasteiger partial charge in [-0.2, -0.15) is 0 Å². The number of primary amides is 1. The fourth-order valence-corrected chi connectivity index (χ4v) is 3.83. The molecule has 1 aliphatic heterocycles. The van der Waals surface area contributed by atoms with Crippen LogP contribution in [0.1, 0.15) is 23.3 Å². The molecule has 0 bridgehead atoms. The van der Waals surface area contributed by atoms with Crippen LogP contribution < -0.4 is 11.1 Å². The number of hydrogen-bond acceptors (Lipinski definition) is 4. The van der Waals surface area contributed by atoms with Crippen molar-refractivity contribution in [3.05, 3.63) is 40.9 Å². The normalized spacial score (nSPS) is 16.4. The van der Waals surface area contributed by atoms with E-state index in [1.165, 1.54) is 16.0 Å². The second-order valence-corrected chi connectivity index (χ2v) is 7.17. The summed E-state index contributed by atoms with van der Waals surface area (Å²) >= 11 is 1.75. The van der Waals surface area contributed by atoms with Gasteiger partial charge in [0.2, 0.25) is 0 Å². The Morgan fingerprint density at radius 1 is 1.35 bits per heavy atom. The van der Waals surface area contributed by atoms with Crippen molar-refractivity contribution >= 4 is 17.4 Å². The van der Waals surface area contributed by atoms with Crippen LogP contribution in [0.15, 0.2) is 30.5 Å². The first-order chi connectivity index (χ1) is 11.1. The van der Waals surface area contributed by atoms with Gasteiger partial charge in [-0.1, -0.05) is 29.8 Å². The number of likely N-dealkylation sites (tertiary alicyclic amines) is 1. The molecule has 0 aliphatic carbocycles. The Bertz CT molecular complexity index is 659. The second kappa shape index (κ2) is 7.10. The molecular formula is C17H22N4OS. The predicted octanol–water partition coefficient (Wildman–Crippen LogP) is 2.75. The number of piperidine rings is 1. The van der Waals surface area contributed by atoms with E-state index in [1.807, 2.05) is 6.20 Å². The van der Waals surface area contributed by atoms with Gasteiger partial charge >= 0.3 is 6.03 Å². The minimum Gasteiger partial charge on any atom is -0.352 e. The number of nitrogens with zero attached hydrogens (tertiary/aromatic N) is 2. The van der Waals surface area contributed by atoms with Gasteiger partial charge in [-0.25, -0.2) is 9.78 Å². The average Bonchev–Trinajstić information content (AvgIpc) is 2.98. The maximum absolute atomic E-state index is 10.9. The zero-order chi connectivity index (χ0) is 16.2. The number of hydrogen-bond donors (Lipinski definition) is 2. The third kappa shape index (κ3) is 4.30. The Morgan fingerprint density at radius 3 is 2.70 bits per heavy atom. The monoisotopic (exact) mass is 330 g/mol. The fraction of sp³-hybridized carbons (Fsp3) is 0.412. The molecule has 2 heterocycles. The molecule has 3 N–H and O–H groups in total. The number of aryl methyl sites for hydroxylation is 1. The summed E-state index contributed by atoms with van der Waals surface area (Å²) in [5.41, 5.74) is 7.62. The molecule has 1 aromatic heterocycles. The van der Waals surface area contributed by atoms with Crippen LogP contribution in [0, 0.1) is 6.92 Å². The lowest BCUT2D eigenvalue weighted by Gasteiger charge is -2.31. The van der Waals surface area contributed by atoms with Crippen molar-refractivity contribution in [2.75, 3.05) is 13.1 Å². The van der Waals surface area contributed by atoms with Gasteiger partial charge in [0.05, 0.1) is 0 Å². The van der Waals surface area contributed by atoms with Gasteiger partial charge < -0.3 is 11.1 Å². The number of aromatic nitrogens is 1. The zero-order valence-corrected chi connectivity index (χ0v) is 14.1. The summed E-state index contributed by atoms with van der Waals surface area (Å²) in [5.74, 6) is 0. The maximum atomic E-state index is 10.9. The summed E-state index contributed by atoms with van der Waals surface area (Å²) in [7, 11) is 0. The highest BCUT2D eigenvalue weighted by molar-refractivity contribution is 7.15. The second-order valence-electron chi connectivity index (χ2n) is 6.06. The van der Waals surface area contributed by atoms with Crippen LogP contribution in [-0.2, 0) is 6.54 Å². The van der Waals surface area contributed by atoms with Crippen LogP contribution in [0.5, 0.6) is 0 Å². The highest BCUT2D eigenvalue weighted by Gasteiger charge is 2.20. The lowest BCUT2D eigenvalue weighted by Crippen LogP contribution is -2.46. The van der Waals surface area contributed by atoms with E-state index in [2.05, 4.69) is 46.4 Å². The standard InChI is InChI=1S/C17H22N4OS/c1-12-2-4-13(5-3-12)16-19-10-15(23-16)11-21-8-6-14(7-9-21)20-17(18)22/h2-5,10,14H,6-9,11H2,1H3,(H3,18,20,22). The van der Waals surface area contributed by atoms with Crippen molar-refractivity contribution in [2.24, 2.45) is 5.73 Å². The molecule has 0 saturated carbocycles. The number of carbonyl (C=O) groups excluding carboxylic acids is 1. The molecule has 2 aromatic rings. The van der Waals surface area contributed by atoms with E-state index in [-0.39, 0.29) is 6.04 Å². The highest BCUT2D eigenvalue weighted by atomic mass is 32.1. The summed E-state index contributed by atoms with van der Waals surface area (Å²) in [6.07, 6.45) is 3.88. The summed E-state index contributed by atoms with van der Waals surface area (Å²) in [4.78, 5) is 19.1. The molecule has 23 heavy (non-hydrogen) atoms. The Hall–Kier alpha value is -1.92. The maximum Gasteiger partial charge on any atom is 0.312 e. The third-order valence-electron chi connectivity index (χ3n) is 4.17. The van der Waals surface area contributed by atoms with Crippen molar-refractivity contribution < 1.29 is 4.79 Å². The summed E-state index contributed by atoms with van der Waals surface area (Å²) in [6.45, 7) is 4.96. The third-order valence-corrected chi connectivity index (χ3v) is 5.20. The number of amides is 2. The number of nitrogens with one attached hydrogen (secondary N) is 1. The molecule has 3 rings (SSSR count). The molecule has 1 aromatic carbocycles. The van der Waals surface area contributed by atoms with Gasteiger partial charge in [-0.15, -0.1) is 11.3 Å². The zero-order valence-electron chi connectivity index (χ0n) is 13.3. The molecular weight excluding hydrogens is 308 g/mol. The van der Waals surface area contributed by atoms with Gasteiger partial charge in [-0.05, 0) is 19.8 Å². The molecule has 0 radical (unpaired) electrons. The summed E-state index contributed by atoms with van der Waals surface area (Å²) in [6, 6.07) is 8.28. The fourth-order valence-electron chi connectivity index (χ4n) is 2.87. The number of benzene rings is 1. The molecule has 0 unspecified atom stereocenters. The van der Waals surface area contributed by atoms with Crippen molar-refractivity contribution in [3.8, 4) is 10.6 Å². The summed E-state index contributed by atoms with van der Waals surface area (Å²) < 4.78 is 0. The molecule has 1 fully saturated rings. The van der Waals surface area contributed by atoms with Gasteiger partial charge in [0.25, 0.3) is 0 Å². The molecule has 122 valence electrons. The molecule has 1 aliphatic rings. The SMILES string of the molecule is Cc1ccc(-c2ncc(CN3CCC(NC(N)=O)CC3)s2)cc1. The van der Waals surface area contributed by atoms with Crippen LogP contribution in [0.25, 0.3) is 10.6 Å². The average molecular weight is 330 g/mol. The van der Waals surface area contributed by atoms with Crippen molar-refractivity contribution in [1.29, 1.82) is 0 Å². The smallest absolute Gasteiger partial charge is 0.312 e. The first-order valence-electron chi connectivity index (χ1n) is 7.90. The Balaban J connectivity index is 1.56. The first kappa shape index (κ1) is 16.0. The molecule has 0 atom stereocenters. The van der Waals surface area contributed by atoms with Gasteiger partial charge in [0.15, 0.2) is 0 Å². The number of nitrogens with two attached hydrogens (primary N) is 1. The van der Waals surface area contributed by atoms with E-state index in [0.29, 0.717) is 0 Å². The Morgan fingerprint density at radius 2 is 2.04 bits per heavy atom. The number of carbonyl (C=O) groups is 1. The van der Waals surface area contributed by atoms with E-state index in [9.17, 15) is 4.79 Å². The molecule has 0 spiro atoms. The minimum atomic E-state index is -0.423. The van der Waals surface area contributed by atoms with Crippen molar-refractivity contribution in [3.63, 3.8) is 0 Å². The van der Waals surface area contributed by atoms with Crippen LogP contribution >= 0.6 is 11.3 Å². The lowest BCUT2D eigenvalue weighted by atomic mass is 10.1. The minimum absolute atomic E-state index is 0.216. The largest absolute Gasteiger partial charge is 0.352 e. The predicted molar refractivity (Wildman–Crippen MR) is 93.3 cm³/mol. The summed E-state index contributed by atoms with van der Waals surface area (Å²) in [5, 5.41) is 3.87. The van der Waals surface area contributed by atoms with Crippen LogP contribution in [0.2, 0.25) is 0 Å². The Kier molecular flexibility index (Phi) is 4.93. The number of thiazole rings is 1. The lowest BCUT2D eigenvalue weighted by molar-refractivity contribution is 0.190. The van der Waals surface area contributed by atoms with E-state index in [4.69, 9.17) is 5.73 Å². The molecule has 5 nitrogen and oxygen atoms in total. The quantitative estimate of drug-likeness (QED) is 0.905. The van der Waals surface area contributed by atoms with E-state index >= 15 is 0 Å². The number of rotatable bonds is 4. The molecule has 1 saturated heterocycles. The van der Waals surface area contributed by atoms with Gasteiger partial charge in [0.1, 0.15) is 5.01 Å². The number of urea groups is 1. The van der Waals surface area contributed by atoms with E-state index in [0.717, 1.165) is 37.5 Å². The van der Waals surface area contributed by atoms with Crippen LogP contribution in [0.4, 0.5) is 4.79 Å².